The largest absolute Gasteiger partial charge is 0.780 e. The summed E-state index contributed by atoms with van der Waals surface area (Å²) in [7, 11) is -3.07. The minimum absolute atomic E-state index is 0.334. The van der Waals surface area contributed by atoms with E-state index in [-0.39, 0.29) is 0 Å². The molecule has 0 amide bonds. The third-order valence-electron chi connectivity index (χ3n) is 3.59. The van der Waals surface area contributed by atoms with Crippen molar-refractivity contribution in [3.05, 3.63) is 0 Å². The number of rotatable bonds is 22. The molecule has 0 aromatic rings. The van der Waals surface area contributed by atoms with Crippen LogP contribution in [0, 0.1) is 0 Å². The zero-order valence-electron chi connectivity index (χ0n) is 22.0. The summed E-state index contributed by atoms with van der Waals surface area (Å²) in [5.74, 6) is 0. The normalized spacial score (nSPS) is 12.5. The van der Waals surface area contributed by atoms with Crippen molar-refractivity contribution in [2.45, 2.75) is 87.0 Å². The second kappa shape index (κ2) is 23.5. The average Bonchev–Trinajstić information content (AvgIpc) is 2.75. The summed E-state index contributed by atoms with van der Waals surface area (Å²) >= 11 is 9.97. The van der Waals surface area contributed by atoms with Crippen LogP contribution in [0.1, 0.15) is 87.0 Å². The van der Waals surface area contributed by atoms with Crippen molar-refractivity contribution in [3.8, 4) is 0 Å². The molecule has 9 nitrogen and oxygen atoms in total. The molecule has 0 aliphatic rings. The molecule has 0 aliphatic heterocycles. The predicted octanol–water partition coefficient (Wildman–Crippen LogP) is 7.07. The topological polar surface area (TPSA) is 96.9 Å². The summed E-state index contributed by atoms with van der Waals surface area (Å²) in [6.45, 7) is 10.3. The molecular weight excluding hydrogens is 541 g/mol. The Morgan fingerprint density at radius 2 is 0.912 bits per heavy atom. The van der Waals surface area contributed by atoms with Gasteiger partial charge >= 0.3 is 14.9 Å². The Bertz CT molecular complexity index is 513. The van der Waals surface area contributed by atoms with Crippen LogP contribution >= 0.6 is 21.6 Å². The highest BCUT2D eigenvalue weighted by molar-refractivity contribution is 8.09. The highest BCUT2D eigenvalue weighted by Gasteiger charge is 2.55. The monoisotopic (exact) mass is 588 g/mol. The summed E-state index contributed by atoms with van der Waals surface area (Å²) in [5.41, 5.74) is 0. The van der Waals surface area contributed by atoms with Gasteiger partial charge in [0.15, 0.2) is 0 Å². The lowest BCUT2D eigenvalue weighted by molar-refractivity contribution is -0.205. The molecule has 0 aliphatic carbocycles. The average molecular weight is 589 g/mol. The number of hydrogen-bond acceptors (Lipinski definition) is 11. The number of hydrogen-bond donors (Lipinski definition) is 0. The molecule has 0 rings (SSSR count). The standard InChI is InChI=1S/C16H37O6P2S.C4H11O3PS/c1-6-11-14-19-23(20-15-12-7-2,21-16-13-8-3)22-24(25,17-9-4)18-10-5;1-3-6-8(5,9)7-4-2/h6-16H2,1-5H3;3-4H2,1-2H3,(H,5,9)/q+1;/p-1. The zero-order valence-corrected chi connectivity index (χ0v) is 26.3. The second-order valence-electron chi connectivity index (χ2n) is 6.65. The molecule has 0 heterocycles. The van der Waals surface area contributed by atoms with Gasteiger partial charge in [-0.3, -0.25) is 0 Å². The molecule has 0 spiro atoms. The summed E-state index contributed by atoms with van der Waals surface area (Å²) in [6.07, 6.45) is 5.71. The lowest BCUT2D eigenvalue weighted by Crippen LogP contribution is -2.14. The van der Waals surface area contributed by atoms with Crippen LogP contribution in [0.3, 0.4) is 0 Å². The third kappa shape index (κ3) is 20.4. The lowest BCUT2D eigenvalue weighted by Gasteiger charge is -2.25. The van der Waals surface area contributed by atoms with Gasteiger partial charge in [-0.25, -0.2) is 0 Å². The van der Waals surface area contributed by atoms with Gasteiger partial charge in [-0.05, 0) is 58.8 Å². The molecular formula is C20H47O9P3S2. The molecule has 0 saturated heterocycles. The van der Waals surface area contributed by atoms with Crippen LogP contribution in [0.5, 0.6) is 0 Å². The van der Waals surface area contributed by atoms with Gasteiger partial charge in [-0.2, -0.15) is 13.6 Å². The van der Waals surface area contributed by atoms with Gasteiger partial charge in [0.05, 0.1) is 26.4 Å². The Hall–Kier alpha value is 1.37. The molecule has 34 heavy (non-hydrogen) atoms. The Kier molecular flexibility index (Phi) is 25.9. The van der Waals surface area contributed by atoms with Crippen LogP contribution in [0.2, 0.25) is 0 Å². The fourth-order valence-corrected chi connectivity index (χ4v) is 8.64. The van der Waals surface area contributed by atoms with E-state index in [0.29, 0.717) is 46.2 Å². The van der Waals surface area contributed by atoms with E-state index in [0.717, 1.165) is 38.5 Å². The first-order valence-electron chi connectivity index (χ1n) is 12.2. The molecule has 0 atom stereocenters. The van der Waals surface area contributed by atoms with E-state index in [1.807, 2.05) is 13.8 Å². The van der Waals surface area contributed by atoms with Crippen LogP contribution < -0.4 is 4.89 Å². The predicted molar refractivity (Wildman–Crippen MR) is 146 cm³/mol. The van der Waals surface area contributed by atoms with Crippen molar-refractivity contribution in [2.75, 3.05) is 46.2 Å². The van der Waals surface area contributed by atoms with Gasteiger partial charge in [-0.15, -0.1) is 0 Å². The first kappa shape index (κ1) is 37.5. The van der Waals surface area contributed by atoms with Crippen LogP contribution in [-0.4, -0.2) is 46.2 Å². The summed E-state index contributed by atoms with van der Waals surface area (Å²) in [4.78, 5) is 10.8. The smallest absolute Gasteiger partial charge is 0.583 e. The van der Waals surface area contributed by atoms with Crippen LogP contribution in [-0.2, 0) is 59.6 Å². The van der Waals surface area contributed by atoms with Crippen molar-refractivity contribution in [3.63, 3.8) is 0 Å². The SMILES string of the molecule is CCCCO[P+](OCCCC)(OCCCC)OP(=S)(OCC)OCC.CCOP([O-])(=S)OCC. The van der Waals surface area contributed by atoms with E-state index in [1.54, 1.807) is 13.8 Å². The molecule has 0 aromatic carbocycles. The third-order valence-corrected chi connectivity index (χ3v) is 10.8. The van der Waals surface area contributed by atoms with E-state index in [9.17, 15) is 4.89 Å². The maximum Gasteiger partial charge on any atom is 0.583 e. The first-order valence-corrected chi connectivity index (χ1v) is 18.7. The second-order valence-corrected chi connectivity index (χ2v) is 14.5. The highest BCUT2D eigenvalue weighted by Crippen LogP contribution is 2.74. The molecule has 0 bridgehead atoms. The zero-order chi connectivity index (χ0) is 26.3. The van der Waals surface area contributed by atoms with Gasteiger partial charge in [0.25, 0.3) is 0 Å². The Morgan fingerprint density at radius 1 is 0.588 bits per heavy atom. The molecule has 0 unspecified atom stereocenters. The molecule has 14 heteroatoms. The highest BCUT2D eigenvalue weighted by atomic mass is 32.5. The quantitative estimate of drug-likeness (QED) is 0.0959. The summed E-state index contributed by atoms with van der Waals surface area (Å²) < 4.78 is 44.5. The maximum absolute atomic E-state index is 10.8. The van der Waals surface area contributed by atoms with Gasteiger partial charge < -0.3 is 23.0 Å². The van der Waals surface area contributed by atoms with Crippen LogP contribution in [0.25, 0.3) is 0 Å². The van der Waals surface area contributed by atoms with Crippen molar-refractivity contribution in [1.29, 1.82) is 0 Å². The van der Waals surface area contributed by atoms with Gasteiger partial charge in [0.1, 0.15) is 26.5 Å². The van der Waals surface area contributed by atoms with E-state index in [2.05, 4.69) is 41.6 Å². The molecule has 0 fully saturated rings. The van der Waals surface area contributed by atoms with Gasteiger partial charge in [0.2, 0.25) is 0 Å². The van der Waals surface area contributed by atoms with Crippen molar-refractivity contribution < 1.29 is 40.9 Å². The van der Waals surface area contributed by atoms with Crippen molar-refractivity contribution >= 4 is 45.2 Å². The minimum Gasteiger partial charge on any atom is -0.780 e. The molecule has 208 valence electrons. The fraction of sp³-hybridized carbons (Fsp3) is 1.00. The minimum atomic E-state index is -3.11. The molecule has 0 saturated carbocycles. The molecule has 0 N–H and O–H groups in total. The summed E-state index contributed by atoms with van der Waals surface area (Å²) in [6, 6.07) is 0. The Morgan fingerprint density at radius 3 is 1.18 bits per heavy atom. The van der Waals surface area contributed by atoms with Gasteiger partial charge in [0, 0.05) is 0 Å². The van der Waals surface area contributed by atoms with E-state index < -0.39 is 21.6 Å². The van der Waals surface area contributed by atoms with Crippen molar-refractivity contribution in [2.24, 2.45) is 0 Å². The Balaban J connectivity index is 0. The van der Waals surface area contributed by atoms with Crippen LogP contribution in [0.15, 0.2) is 0 Å². The molecule has 0 radical (unpaired) electrons. The lowest BCUT2D eigenvalue weighted by atomic mass is 10.4. The molecule has 0 aromatic heterocycles. The fourth-order valence-electron chi connectivity index (χ4n) is 2.02. The van der Waals surface area contributed by atoms with Crippen LogP contribution in [0.4, 0.5) is 0 Å². The van der Waals surface area contributed by atoms with Gasteiger partial charge in [-0.1, -0.05) is 56.2 Å². The van der Waals surface area contributed by atoms with E-state index >= 15 is 0 Å². The van der Waals surface area contributed by atoms with E-state index in [1.165, 1.54) is 0 Å². The summed E-state index contributed by atoms with van der Waals surface area (Å²) in [5, 5.41) is 0. The first-order chi connectivity index (χ1) is 16.1. The maximum atomic E-state index is 10.8. The number of unbranched alkanes of at least 4 members (excludes halogenated alkanes) is 3. The Labute approximate surface area is 219 Å². The van der Waals surface area contributed by atoms with Crippen molar-refractivity contribution in [1.82, 2.24) is 0 Å². The van der Waals surface area contributed by atoms with E-state index in [4.69, 9.17) is 38.7 Å².